The number of pyridine rings is 2. The fourth-order valence-electron chi connectivity index (χ4n) is 3.47. The normalized spacial score (nSPS) is 16.6. The number of rotatable bonds is 3. The number of quaternary nitrogens is 1. The highest BCUT2D eigenvalue weighted by Crippen LogP contribution is 2.26. The van der Waals surface area contributed by atoms with Crippen molar-refractivity contribution < 1.29 is 28.8 Å². The number of benzene rings is 1. The largest absolute Gasteiger partial charge is 0.477 e. The summed E-state index contributed by atoms with van der Waals surface area (Å²) >= 11 is 0. The van der Waals surface area contributed by atoms with Crippen LogP contribution in [0.1, 0.15) is 16.8 Å². The molecule has 1 atom stereocenters. The second-order valence-electron chi connectivity index (χ2n) is 6.91. The van der Waals surface area contributed by atoms with Crippen LogP contribution in [0.3, 0.4) is 0 Å². The number of halogens is 3. The van der Waals surface area contributed by atoms with Gasteiger partial charge in [-0.3, -0.25) is 9.36 Å². The molecular weight excluding hydrogens is 389 g/mol. The summed E-state index contributed by atoms with van der Waals surface area (Å²) in [6.45, 7) is 0.962. The van der Waals surface area contributed by atoms with E-state index in [0.717, 1.165) is 35.4 Å². The molecule has 0 amide bonds. The van der Waals surface area contributed by atoms with Crippen molar-refractivity contribution in [2.24, 2.45) is 0 Å². The van der Waals surface area contributed by atoms with Crippen LogP contribution in [0.25, 0.3) is 16.7 Å². The summed E-state index contributed by atoms with van der Waals surface area (Å²) in [5.41, 5.74) is 1.96. The molecule has 4 rings (SSSR count). The van der Waals surface area contributed by atoms with Crippen LogP contribution in [0.2, 0.25) is 0 Å². The van der Waals surface area contributed by atoms with Gasteiger partial charge in [-0.25, -0.2) is 22.9 Å². The van der Waals surface area contributed by atoms with Crippen molar-refractivity contribution in [1.29, 1.82) is 0 Å². The van der Waals surface area contributed by atoms with Crippen molar-refractivity contribution >= 4 is 22.8 Å². The van der Waals surface area contributed by atoms with Gasteiger partial charge >= 0.3 is 5.97 Å². The first kappa shape index (κ1) is 18.9. The second kappa shape index (κ2) is 6.89. The fourth-order valence-corrected chi connectivity index (χ4v) is 3.47. The Hall–Kier alpha value is -3.40. The SMILES string of the molecule is [NH3+][C@H]1CCN(c2nc3c(cc2F)c(=O)c(C(=O)O)cn3-c2ccc(F)cc2F)C1. The Morgan fingerprint density at radius 3 is 2.59 bits per heavy atom. The van der Waals surface area contributed by atoms with Crippen LogP contribution in [0.15, 0.2) is 35.3 Å². The average Bonchev–Trinajstić information content (AvgIpc) is 3.08. The van der Waals surface area contributed by atoms with Crippen LogP contribution in [0.4, 0.5) is 19.0 Å². The van der Waals surface area contributed by atoms with E-state index < -0.39 is 34.4 Å². The minimum atomic E-state index is -1.56. The molecule has 1 aliphatic heterocycles. The number of anilines is 1. The lowest BCUT2D eigenvalue weighted by Crippen LogP contribution is -2.61. The van der Waals surface area contributed by atoms with Gasteiger partial charge in [-0.15, -0.1) is 0 Å². The van der Waals surface area contributed by atoms with Gasteiger partial charge in [0.2, 0.25) is 5.43 Å². The van der Waals surface area contributed by atoms with Crippen molar-refractivity contribution in [3.8, 4) is 5.69 Å². The zero-order chi connectivity index (χ0) is 20.9. The van der Waals surface area contributed by atoms with Gasteiger partial charge in [0, 0.05) is 25.2 Å². The van der Waals surface area contributed by atoms with Gasteiger partial charge in [0.05, 0.1) is 17.6 Å². The van der Waals surface area contributed by atoms with Crippen molar-refractivity contribution in [3.05, 3.63) is 63.7 Å². The summed E-state index contributed by atoms with van der Waals surface area (Å²) in [7, 11) is 0. The molecule has 1 aromatic carbocycles. The van der Waals surface area contributed by atoms with Crippen LogP contribution >= 0.6 is 0 Å². The van der Waals surface area contributed by atoms with E-state index in [0.29, 0.717) is 19.2 Å². The topological polar surface area (TPSA) is 103 Å². The summed E-state index contributed by atoms with van der Waals surface area (Å²) in [4.78, 5) is 29.9. The molecule has 0 spiro atoms. The minimum Gasteiger partial charge on any atom is -0.477 e. The smallest absolute Gasteiger partial charge is 0.341 e. The van der Waals surface area contributed by atoms with Crippen LogP contribution < -0.4 is 16.1 Å². The number of nitrogens with zero attached hydrogens (tertiary/aromatic N) is 3. The average molecular weight is 405 g/mol. The maximum atomic E-state index is 14.7. The van der Waals surface area contributed by atoms with Crippen LogP contribution in [-0.2, 0) is 0 Å². The third kappa shape index (κ3) is 3.21. The number of carbonyl (C=O) groups is 1. The van der Waals surface area contributed by atoms with E-state index in [4.69, 9.17) is 0 Å². The molecule has 2 aromatic heterocycles. The fraction of sp³-hybridized carbons (Fsp3) is 0.211. The lowest BCUT2D eigenvalue weighted by molar-refractivity contribution is -0.412. The minimum absolute atomic E-state index is 0.0394. The van der Waals surface area contributed by atoms with E-state index in [-0.39, 0.29) is 28.6 Å². The van der Waals surface area contributed by atoms with Gasteiger partial charge in [-0.2, -0.15) is 0 Å². The van der Waals surface area contributed by atoms with E-state index in [2.05, 4.69) is 10.7 Å². The molecule has 1 aliphatic rings. The number of aromatic nitrogens is 2. The van der Waals surface area contributed by atoms with Gasteiger partial charge in [-0.05, 0) is 18.2 Å². The summed E-state index contributed by atoms with van der Waals surface area (Å²) in [6, 6.07) is 3.69. The van der Waals surface area contributed by atoms with Gasteiger partial charge in [0.15, 0.2) is 17.3 Å². The zero-order valence-electron chi connectivity index (χ0n) is 15.0. The predicted molar refractivity (Wildman–Crippen MR) is 97.7 cm³/mol. The molecule has 7 nitrogen and oxygen atoms in total. The van der Waals surface area contributed by atoms with E-state index in [1.54, 1.807) is 4.90 Å². The number of hydrogen-bond acceptors (Lipinski definition) is 4. The first-order valence-corrected chi connectivity index (χ1v) is 8.79. The Balaban J connectivity index is 2.05. The number of fused-ring (bicyclic) bond motifs is 1. The highest BCUT2D eigenvalue weighted by atomic mass is 19.1. The molecule has 150 valence electrons. The second-order valence-corrected chi connectivity index (χ2v) is 6.91. The number of hydrogen-bond donors (Lipinski definition) is 2. The monoisotopic (exact) mass is 405 g/mol. The van der Waals surface area contributed by atoms with E-state index in [1.165, 1.54) is 0 Å². The molecule has 3 aromatic rings. The highest BCUT2D eigenvalue weighted by molar-refractivity contribution is 5.92. The van der Waals surface area contributed by atoms with Gasteiger partial charge in [0.1, 0.15) is 23.2 Å². The molecule has 4 N–H and O–H groups in total. The summed E-state index contributed by atoms with van der Waals surface area (Å²) < 4.78 is 43.5. The van der Waals surface area contributed by atoms with E-state index in [1.807, 2.05) is 0 Å². The van der Waals surface area contributed by atoms with Crippen LogP contribution in [0.5, 0.6) is 0 Å². The lowest BCUT2D eigenvalue weighted by atomic mass is 10.1. The molecule has 0 radical (unpaired) electrons. The molecule has 1 fully saturated rings. The van der Waals surface area contributed by atoms with Crippen LogP contribution in [-0.4, -0.2) is 39.8 Å². The Labute approximate surface area is 161 Å². The zero-order valence-corrected chi connectivity index (χ0v) is 15.0. The maximum Gasteiger partial charge on any atom is 0.341 e. The highest BCUT2D eigenvalue weighted by Gasteiger charge is 2.27. The molecular formula is C19H16F3N4O3+. The van der Waals surface area contributed by atoms with Gasteiger partial charge in [0.25, 0.3) is 0 Å². The maximum absolute atomic E-state index is 14.7. The molecule has 0 bridgehead atoms. The standard InChI is InChI=1S/C19H15F3N4O3/c20-9-1-2-15(13(21)5-9)26-8-12(19(28)29)16(27)11-6-14(22)18(24-17(11)26)25-4-3-10(23)7-25/h1-2,5-6,8,10H,3-4,7,23H2,(H,28,29)/p+1/t10-/m0/s1. The lowest BCUT2D eigenvalue weighted by Gasteiger charge is -2.19. The van der Waals surface area contributed by atoms with Crippen molar-refractivity contribution in [2.45, 2.75) is 12.5 Å². The quantitative estimate of drug-likeness (QED) is 0.684. The van der Waals surface area contributed by atoms with Crippen molar-refractivity contribution in [3.63, 3.8) is 0 Å². The van der Waals surface area contributed by atoms with Crippen molar-refractivity contribution in [2.75, 3.05) is 18.0 Å². The number of carboxylic acid groups (broad SMARTS) is 1. The van der Waals surface area contributed by atoms with Crippen LogP contribution in [0, 0.1) is 17.5 Å². The molecule has 0 saturated carbocycles. The molecule has 0 unspecified atom stereocenters. The Morgan fingerprint density at radius 1 is 1.21 bits per heavy atom. The Kier molecular flexibility index (Phi) is 4.50. The summed E-state index contributed by atoms with van der Waals surface area (Å²) in [5, 5.41) is 9.02. The Bertz CT molecular complexity index is 1210. The molecule has 1 saturated heterocycles. The van der Waals surface area contributed by atoms with Gasteiger partial charge < -0.3 is 15.7 Å². The predicted octanol–water partition coefficient (Wildman–Crippen LogP) is 1.32. The molecule has 3 heterocycles. The van der Waals surface area contributed by atoms with Gasteiger partial charge in [-0.1, -0.05) is 0 Å². The molecule has 0 aliphatic carbocycles. The molecule has 10 heteroatoms. The first-order valence-electron chi connectivity index (χ1n) is 8.79. The summed E-state index contributed by atoms with van der Waals surface area (Å²) in [5.74, 6) is -4.21. The molecule has 29 heavy (non-hydrogen) atoms. The number of aromatic carboxylic acids is 1. The van der Waals surface area contributed by atoms with E-state index >= 15 is 0 Å². The third-order valence-corrected chi connectivity index (χ3v) is 4.90. The first-order chi connectivity index (χ1) is 13.8. The number of carboxylic acids is 1. The summed E-state index contributed by atoms with van der Waals surface area (Å²) in [6.07, 6.45) is 1.64. The Morgan fingerprint density at radius 2 is 1.97 bits per heavy atom. The van der Waals surface area contributed by atoms with E-state index in [9.17, 15) is 27.9 Å². The van der Waals surface area contributed by atoms with Crippen molar-refractivity contribution in [1.82, 2.24) is 9.55 Å². The third-order valence-electron chi connectivity index (χ3n) is 4.90.